The van der Waals surface area contributed by atoms with Gasteiger partial charge >= 0.3 is 0 Å². The molecule has 0 fully saturated rings. The van der Waals surface area contributed by atoms with Crippen molar-refractivity contribution in [2.45, 2.75) is 32.6 Å². The van der Waals surface area contributed by atoms with Gasteiger partial charge in [-0.15, -0.1) is 0 Å². The maximum atomic E-state index is 13.2. The second-order valence-corrected chi connectivity index (χ2v) is 8.62. The summed E-state index contributed by atoms with van der Waals surface area (Å²) in [6, 6.07) is 11.7. The van der Waals surface area contributed by atoms with Crippen LogP contribution in [-0.2, 0) is 35.1 Å². The van der Waals surface area contributed by atoms with Crippen molar-refractivity contribution in [3.05, 3.63) is 64.2 Å². The van der Waals surface area contributed by atoms with Gasteiger partial charge in [0.25, 0.3) is 11.8 Å². The molecular weight excluding hydrogens is 394 g/mol. The summed E-state index contributed by atoms with van der Waals surface area (Å²) < 4.78 is 0. The highest BCUT2D eigenvalue weighted by atomic mass is 32.1. The van der Waals surface area contributed by atoms with Crippen LogP contribution in [0.15, 0.2) is 47.0 Å². The first-order chi connectivity index (χ1) is 14.5. The SMILES string of the molecule is Cc1ccc(N2C(=O)/C(=C\c3cc4c5c(c3)CCC[NH+]5CCC4)C(=O)N=C2[S-])cc1. The molecule has 5 rings (SSSR count). The predicted molar refractivity (Wildman–Crippen MR) is 120 cm³/mol. The van der Waals surface area contributed by atoms with Crippen molar-refractivity contribution in [3.63, 3.8) is 0 Å². The Hall–Kier alpha value is -2.83. The van der Waals surface area contributed by atoms with E-state index in [0.29, 0.717) is 5.69 Å². The van der Waals surface area contributed by atoms with Crippen LogP contribution in [0.5, 0.6) is 0 Å². The largest absolute Gasteiger partial charge is 0.742 e. The van der Waals surface area contributed by atoms with E-state index in [0.717, 1.165) is 24.0 Å². The highest BCUT2D eigenvalue weighted by Gasteiger charge is 2.31. The number of amidine groups is 1. The maximum Gasteiger partial charge on any atom is 0.282 e. The zero-order valence-electron chi connectivity index (χ0n) is 16.9. The van der Waals surface area contributed by atoms with Crippen LogP contribution >= 0.6 is 0 Å². The van der Waals surface area contributed by atoms with E-state index in [9.17, 15) is 9.59 Å². The van der Waals surface area contributed by atoms with Crippen LogP contribution in [0.2, 0.25) is 0 Å². The van der Waals surface area contributed by atoms with Crippen molar-refractivity contribution in [3.8, 4) is 0 Å². The van der Waals surface area contributed by atoms with Gasteiger partial charge in [-0.05, 0) is 60.8 Å². The Morgan fingerprint density at radius 1 is 1.03 bits per heavy atom. The first kappa shape index (κ1) is 19.2. The normalized spacial score (nSPS) is 20.4. The third-order valence-corrected chi connectivity index (χ3v) is 6.46. The molecule has 0 atom stereocenters. The standard InChI is InChI=1S/C24H23N3O2S/c1-15-6-8-19(9-7-15)27-23(29)20(22(28)25-24(27)30)14-16-12-17-4-2-10-26-11-3-5-18(13-16)21(17)26/h6-9,12-14H,2-5,10-11H2,1H3,(H,25,28,30)/b20-14-. The number of rotatable bonds is 2. The molecule has 2 amide bonds. The lowest BCUT2D eigenvalue weighted by Gasteiger charge is -2.32. The van der Waals surface area contributed by atoms with Crippen LogP contribution in [0, 0.1) is 6.92 Å². The molecule has 5 nitrogen and oxygen atoms in total. The van der Waals surface area contributed by atoms with Gasteiger partial charge in [-0.1, -0.05) is 17.7 Å². The number of amides is 2. The fourth-order valence-corrected chi connectivity index (χ4v) is 5.06. The Kier molecular flexibility index (Phi) is 4.76. The highest BCUT2D eigenvalue weighted by Crippen LogP contribution is 2.29. The number of carbonyl (C=O) groups excluding carboxylic acids is 2. The van der Waals surface area contributed by atoms with Crippen molar-refractivity contribution in [2.75, 3.05) is 18.0 Å². The number of anilines is 1. The molecule has 3 heterocycles. The molecule has 2 aromatic rings. The van der Waals surface area contributed by atoms with E-state index < -0.39 is 11.8 Å². The minimum Gasteiger partial charge on any atom is -0.742 e. The summed E-state index contributed by atoms with van der Waals surface area (Å²) in [5.74, 6) is -0.977. The van der Waals surface area contributed by atoms with E-state index in [-0.39, 0.29) is 10.7 Å². The molecule has 1 N–H and O–H groups in total. The van der Waals surface area contributed by atoms with Crippen molar-refractivity contribution < 1.29 is 14.5 Å². The smallest absolute Gasteiger partial charge is 0.282 e. The van der Waals surface area contributed by atoms with E-state index in [4.69, 9.17) is 12.6 Å². The molecule has 30 heavy (non-hydrogen) atoms. The molecule has 152 valence electrons. The summed E-state index contributed by atoms with van der Waals surface area (Å²) in [5, 5.41) is -0.00854. The van der Waals surface area contributed by atoms with Gasteiger partial charge in [-0.25, -0.2) is 4.99 Å². The van der Waals surface area contributed by atoms with E-state index in [2.05, 4.69) is 17.1 Å². The zero-order valence-corrected chi connectivity index (χ0v) is 17.7. The molecule has 0 radical (unpaired) electrons. The lowest BCUT2D eigenvalue weighted by molar-refractivity contribution is -0.838. The number of carbonyl (C=O) groups is 2. The summed E-state index contributed by atoms with van der Waals surface area (Å²) >= 11 is 5.24. The van der Waals surface area contributed by atoms with Crippen LogP contribution in [0.4, 0.5) is 11.4 Å². The van der Waals surface area contributed by atoms with Crippen molar-refractivity contribution >= 4 is 47.1 Å². The number of nitrogens with zero attached hydrogens (tertiary/aromatic N) is 2. The predicted octanol–water partition coefficient (Wildman–Crippen LogP) is 2.26. The van der Waals surface area contributed by atoms with Gasteiger partial charge < -0.3 is 17.5 Å². The maximum absolute atomic E-state index is 13.2. The number of aliphatic imine (C=N–C) groups is 1. The van der Waals surface area contributed by atoms with Crippen LogP contribution in [0.1, 0.15) is 35.1 Å². The van der Waals surface area contributed by atoms with Crippen LogP contribution in [-0.4, -0.2) is 30.1 Å². The Morgan fingerprint density at radius 3 is 2.30 bits per heavy atom. The summed E-state index contributed by atoms with van der Waals surface area (Å²) in [6.07, 6.45) is 6.13. The second-order valence-electron chi connectivity index (χ2n) is 8.26. The number of quaternary nitrogens is 1. The average Bonchev–Trinajstić information content (AvgIpc) is 2.73. The minimum atomic E-state index is -0.563. The summed E-state index contributed by atoms with van der Waals surface area (Å²) in [4.78, 5) is 32.7. The fourth-order valence-electron chi connectivity index (χ4n) is 4.79. The summed E-state index contributed by atoms with van der Waals surface area (Å²) in [5.41, 5.74) is 6.80. The molecule has 0 aromatic heterocycles. The molecule has 0 saturated heterocycles. The molecule has 3 aliphatic heterocycles. The van der Waals surface area contributed by atoms with Gasteiger partial charge in [0.2, 0.25) is 0 Å². The molecule has 2 aromatic carbocycles. The quantitative estimate of drug-likeness (QED) is 0.463. The van der Waals surface area contributed by atoms with E-state index in [1.807, 2.05) is 31.2 Å². The summed E-state index contributed by atoms with van der Waals surface area (Å²) in [7, 11) is 0. The van der Waals surface area contributed by atoms with Crippen molar-refractivity contribution in [1.82, 2.24) is 0 Å². The monoisotopic (exact) mass is 417 g/mol. The molecule has 0 aliphatic carbocycles. The van der Waals surface area contributed by atoms with Gasteiger partial charge in [-0.2, -0.15) is 0 Å². The lowest BCUT2D eigenvalue weighted by Crippen LogP contribution is -3.09. The average molecular weight is 418 g/mol. The highest BCUT2D eigenvalue weighted by molar-refractivity contribution is 7.78. The Labute approximate surface area is 181 Å². The molecule has 0 spiro atoms. The van der Waals surface area contributed by atoms with E-state index in [1.165, 1.54) is 47.6 Å². The molecule has 3 aliphatic rings. The topological polar surface area (TPSA) is 54.2 Å². The van der Waals surface area contributed by atoms with Gasteiger partial charge in [-0.3, -0.25) is 14.5 Å². The molecule has 0 saturated carbocycles. The van der Waals surface area contributed by atoms with E-state index >= 15 is 0 Å². The first-order valence-corrected chi connectivity index (χ1v) is 10.9. The number of hydrogen-bond acceptors (Lipinski definition) is 3. The third-order valence-electron chi connectivity index (χ3n) is 6.18. The van der Waals surface area contributed by atoms with Crippen LogP contribution in [0.3, 0.4) is 0 Å². The number of benzene rings is 2. The Balaban J connectivity index is 1.56. The summed E-state index contributed by atoms with van der Waals surface area (Å²) in [6.45, 7) is 4.36. The Morgan fingerprint density at radius 2 is 1.67 bits per heavy atom. The fraction of sp³-hybridized carbons (Fsp3) is 0.292. The zero-order chi connectivity index (χ0) is 20.8. The van der Waals surface area contributed by atoms with Gasteiger partial charge in [0.05, 0.1) is 13.1 Å². The molecule has 6 heteroatoms. The van der Waals surface area contributed by atoms with Gasteiger partial charge in [0, 0.05) is 29.7 Å². The van der Waals surface area contributed by atoms with Gasteiger partial charge in [0.15, 0.2) is 0 Å². The molecule has 0 unspecified atom stereocenters. The number of hydrogen-bond donors (Lipinski definition) is 1. The molecule has 0 bridgehead atoms. The van der Waals surface area contributed by atoms with Gasteiger partial charge in [0.1, 0.15) is 11.3 Å². The van der Waals surface area contributed by atoms with Crippen LogP contribution in [0.25, 0.3) is 6.08 Å². The third kappa shape index (κ3) is 3.26. The molecular formula is C24H23N3O2S. The van der Waals surface area contributed by atoms with E-state index in [1.54, 1.807) is 11.0 Å². The second kappa shape index (κ2) is 7.45. The number of aryl methyl sites for hydroxylation is 3. The van der Waals surface area contributed by atoms with Crippen molar-refractivity contribution in [1.29, 1.82) is 0 Å². The first-order valence-electron chi connectivity index (χ1n) is 10.4. The minimum absolute atomic E-state index is 0.00854. The lowest BCUT2D eigenvalue weighted by atomic mass is 9.89. The van der Waals surface area contributed by atoms with Crippen LogP contribution < -0.4 is 9.80 Å². The Bertz CT molecular complexity index is 1090. The number of nitrogens with one attached hydrogen (secondary N) is 1. The van der Waals surface area contributed by atoms with Crippen molar-refractivity contribution in [2.24, 2.45) is 4.99 Å².